The molecule has 1 heterocycles. The molecule has 3 aromatic rings. The van der Waals surface area contributed by atoms with Gasteiger partial charge in [0.25, 0.3) is 5.91 Å². The molecule has 164 valence electrons. The first kappa shape index (κ1) is 22.7. The quantitative estimate of drug-likeness (QED) is 0.346. The number of rotatable bonds is 6. The number of aliphatic imine (C=N–C) groups is 1. The number of aryl methyl sites for hydroxylation is 2. The van der Waals surface area contributed by atoms with Gasteiger partial charge in [-0.25, -0.2) is 9.79 Å². The summed E-state index contributed by atoms with van der Waals surface area (Å²) in [4.78, 5) is 33.3. The Bertz CT molecular complexity index is 1110. The number of anilines is 1. The molecule has 0 unspecified atom stereocenters. The smallest absolute Gasteiger partial charge is 0.338 e. The fourth-order valence-electron chi connectivity index (χ4n) is 2.88. The fraction of sp³-hybridized carbons (Fsp3) is 0.200. The first-order valence-electron chi connectivity index (χ1n) is 10.3. The van der Waals surface area contributed by atoms with Crippen LogP contribution in [0, 0.1) is 13.8 Å². The van der Waals surface area contributed by atoms with Gasteiger partial charge < -0.3 is 10.1 Å². The van der Waals surface area contributed by atoms with Gasteiger partial charge in [0.1, 0.15) is 0 Å². The Morgan fingerprint density at radius 2 is 1.75 bits per heavy atom. The van der Waals surface area contributed by atoms with Crippen LogP contribution in [0.25, 0.3) is 0 Å². The van der Waals surface area contributed by atoms with Crippen molar-refractivity contribution < 1.29 is 14.3 Å². The van der Waals surface area contributed by atoms with Crippen LogP contribution in [0.3, 0.4) is 0 Å². The highest BCUT2D eigenvalue weighted by Gasteiger charge is 2.11. The van der Waals surface area contributed by atoms with E-state index >= 15 is 0 Å². The third kappa shape index (κ3) is 6.25. The van der Waals surface area contributed by atoms with Crippen LogP contribution in [-0.2, 0) is 11.3 Å². The van der Waals surface area contributed by atoms with Crippen molar-refractivity contribution in [1.82, 2.24) is 10.3 Å². The summed E-state index contributed by atoms with van der Waals surface area (Å²) in [6.45, 7) is 6.38. The second kappa shape index (κ2) is 10.9. The Balaban J connectivity index is 1.79. The lowest BCUT2D eigenvalue weighted by Gasteiger charge is -2.13. The molecular formula is C25H26N4O3. The monoisotopic (exact) mass is 430 g/mol. The normalized spacial score (nSPS) is 11.0. The van der Waals surface area contributed by atoms with Crippen LogP contribution < -0.4 is 10.6 Å². The van der Waals surface area contributed by atoms with E-state index in [0.29, 0.717) is 35.9 Å². The molecule has 2 N–H and O–H groups in total. The van der Waals surface area contributed by atoms with Crippen molar-refractivity contribution in [3.63, 3.8) is 0 Å². The number of carbonyl (C=O) groups excluding carboxylic acids is 2. The maximum atomic E-state index is 12.8. The zero-order chi connectivity index (χ0) is 22.9. The number of nitrogens with zero attached hydrogens (tertiary/aromatic N) is 2. The van der Waals surface area contributed by atoms with Gasteiger partial charge in [-0.3, -0.25) is 15.1 Å². The lowest BCUT2D eigenvalue weighted by Crippen LogP contribution is -2.36. The van der Waals surface area contributed by atoms with E-state index < -0.39 is 0 Å². The zero-order valence-electron chi connectivity index (χ0n) is 18.4. The Morgan fingerprint density at radius 1 is 1.00 bits per heavy atom. The molecule has 0 radical (unpaired) electrons. The van der Waals surface area contributed by atoms with Crippen molar-refractivity contribution in [1.29, 1.82) is 0 Å². The van der Waals surface area contributed by atoms with Gasteiger partial charge in [0.2, 0.25) is 5.96 Å². The fourth-order valence-corrected chi connectivity index (χ4v) is 2.88. The maximum Gasteiger partial charge on any atom is 0.338 e. The summed E-state index contributed by atoms with van der Waals surface area (Å²) in [5.74, 6) is -0.359. The zero-order valence-corrected chi connectivity index (χ0v) is 18.4. The summed E-state index contributed by atoms with van der Waals surface area (Å²) in [6, 6.07) is 16.1. The van der Waals surface area contributed by atoms with Gasteiger partial charge in [-0.15, -0.1) is 0 Å². The predicted molar refractivity (Wildman–Crippen MR) is 125 cm³/mol. The Morgan fingerprint density at radius 3 is 2.41 bits per heavy atom. The first-order valence-corrected chi connectivity index (χ1v) is 10.3. The van der Waals surface area contributed by atoms with Crippen LogP contribution in [0.5, 0.6) is 0 Å². The van der Waals surface area contributed by atoms with Crippen LogP contribution in [0.15, 0.2) is 72.0 Å². The number of aromatic nitrogens is 1. The number of hydrogen-bond donors (Lipinski definition) is 2. The second-order valence-electron chi connectivity index (χ2n) is 7.20. The molecule has 0 bridgehead atoms. The molecule has 7 nitrogen and oxygen atoms in total. The van der Waals surface area contributed by atoms with Gasteiger partial charge in [0.05, 0.1) is 18.7 Å². The van der Waals surface area contributed by atoms with E-state index in [4.69, 9.17) is 4.74 Å². The molecule has 2 aromatic carbocycles. The largest absolute Gasteiger partial charge is 0.462 e. The number of guanidine groups is 1. The van der Waals surface area contributed by atoms with E-state index in [1.54, 1.807) is 49.6 Å². The summed E-state index contributed by atoms with van der Waals surface area (Å²) in [5, 5.41) is 5.96. The number of pyridine rings is 1. The minimum absolute atomic E-state index is 0.270. The molecule has 1 aromatic heterocycles. The summed E-state index contributed by atoms with van der Waals surface area (Å²) in [7, 11) is 0. The molecule has 3 rings (SSSR count). The van der Waals surface area contributed by atoms with Crippen LogP contribution in [-0.4, -0.2) is 29.4 Å². The first-order chi connectivity index (χ1) is 15.5. The number of nitrogens with one attached hydrogen (secondary N) is 2. The predicted octanol–water partition coefficient (Wildman–Crippen LogP) is 4.27. The van der Waals surface area contributed by atoms with Crippen molar-refractivity contribution in [2.75, 3.05) is 11.9 Å². The third-order valence-electron chi connectivity index (χ3n) is 4.80. The highest BCUT2D eigenvalue weighted by Crippen LogP contribution is 2.12. The molecule has 0 aliphatic carbocycles. The van der Waals surface area contributed by atoms with Crippen molar-refractivity contribution in [3.8, 4) is 0 Å². The lowest BCUT2D eigenvalue weighted by molar-refractivity contribution is 0.0526. The SMILES string of the molecule is CCOC(=O)c1ccc(NC(=NCc2cccnc2)NC(=O)c2ccc(C)c(C)c2)cc1. The number of benzene rings is 2. The standard InChI is InChI=1S/C25H26N4O3/c1-4-32-24(31)20-9-11-22(12-10-20)28-25(27-16-19-6-5-13-26-15-19)29-23(30)21-8-7-17(2)18(3)14-21/h5-15H,4,16H2,1-3H3,(H2,27,28,29,30). The van der Waals surface area contributed by atoms with E-state index in [1.807, 2.05) is 38.1 Å². The average molecular weight is 431 g/mol. The number of carbonyl (C=O) groups is 2. The van der Waals surface area contributed by atoms with E-state index in [0.717, 1.165) is 16.7 Å². The Kier molecular flexibility index (Phi) is 7.70. The summed E-state index contributed by atoms with van der Waals surface area (Å²) in [5.41, 5.74) is 4.72. The molecule has 32 heavy (non-hydrogen) atoms. The van der Waals surface area contributed by atoms with Gasteiger partial charge in [0.15, 0.2) is 0 Å². The van der Waals surface area contributed by atoms with Crippen molar-refractivity contribution in [2.45, 2.75) is 27.3 Å². The molecule has 1 amide bonds. The molecular weight excluding hydrogens is 404 g/mol. The van der Waals surface area contributed by atoms with E-state index in [-0.39, 0.29) is 11.9 Å². The molecule has 0 fully saturated rings. The van der Waals surface area contributed by atoms with Crippen molar-refractivity contribution in [2.24, 2.45) is 4.99 Å². The summed E-state index contributed by atoms with van der Waals surface area (Å²) < 4.78 is 5.01. The van der Waals surface area contributed by atoms with Crippen LogP contribution in [0.4, 0.5) is 5.69 Å². The van der Waals surface area contributed by atoms with Gasteiger partial charge >= 0.3 is 5.97 Å². The van der Waals surface area contributed by atoms with E-state index in [9.17, 15) is 9.59 Å². The molecule has 0 spiro atoms. The highest BCUT2D eigenvalue weighted by atomic mass is 16.5. The molecule has 0 saturated carbocycles. The third-order valence-corrected chi connectivity index (χ3v) is 4.80. The van der Waals surface area contributed by atoms with Crippen LogP contribution >= 0.6 is 0 Å². The minimum Gasteiger partial charge on any atom is -0.462 e. The number of esters is 1. The minimum atomic E-state index is -0.382. The Hall–Kier alpha value is -4.00. The van der Waals surface area contributed by atoms with Crippen molar-refractivity contribution >= 4 is 23.5 Å². The maximum absolute atomic E-state index is 12.8. The number of ether oxygens (including phenoxy) is 1. The topological polar surface area (TPSA) is 92.7 Å². The molecule has 0 saturated heterocycles. The van der Waals surface area contributed by atoms with E-state index in [1.165, 1.54) is 0 Å². The van der Waals surface area contributed by atoms with Crippen LogP contribution in [0.1, 0.15) is 44.3 Å². The molecule has 7 heteroatoms. The highest BCUT2D eigenvalue weighted by molar-refractivity contribution is 6.10. The van der Waals surface area contributed by atoms with Gasteiger partial charge in [-0.05, 0) is 79.9 Å². The number of hydrogen-bond acceptors (Lipinski definition) is 5. The van der Waals surface area contributed by atoms with Gasteiger partial charge in [-0.2, -0.15) is 0 Å². The Labute approximate surface area is 187 Å². The van der Waals surface area contributed by atoms with Gasteiger partial charge in [0, 0.05) is 23.6 Å². The second-order valence-corrected chi connectivity index (χ2v) is 7.20. The summed E-state index contributed by atoms with van der Waals surface area (Å²) >= 11 is 0. The average Bonchev–Trinajstić information content (AvgIpc) is 2.80. The van der Waals surface area contributed by atoms with Crippen LogP contribution in [0.2, 0.25) is 0 Å². The number of amides is 1. The molecule has 0 aliphatic heterocycles. The van der Waals surface area contributed by atoms with E-state index in [2.05, 4.69) is 20.6 Å². The molecule has 0 atom stereocenters. The summed E-state index contributed by atoms with van der Waals surface area (Å²) in [6.07, 6.45) is 3.42. The lowest BCUT2D eigenvalue weighted by atomic mass is 10.1. The van der Waals surface area contributed by atoms with Gasteiger partial charge in [-0.1, -0.05) is 12.1 Å². The van der Waals surface area contributed by atoms with Crippen molar-refractivity contribution in [3.05, 3.63) is 94.8 Å². The molecule has 0 aliphatic rings.